The van der Waals surface area contributed by atoms with Crippen LogP contribution in [-0.2, 0) is 0 Å². The van der Waals surface area contributed by atoms with Gasteiger partial charge in [-0.05, 0) is 69.1 Å². The highest BCUT2D eigenvalue weighted by Gasteiger charge is 2.52. The molecule has 19 heavy (non-hydrogen) atoms. The van der Waals surface area contributed by atoms with E-state index in [9.17, 15) is 4.79 Å². The number of nitrogens with one attached hydrogen (secondary N) is 2. The summed E-state index contributed by atoms with van der Waals surface area (Å²) in [6.45, 7) is 0.571. The molecule has 5 fully saturated rings. The minimum atomic E-state index is -0.0770. The van der Waals surface area contributed by atoms with Crippen LogP contribution in [0.2, 0.25) is 0 Å². The first-order valence-corrected chi connectivity index (χ1v) is 7.91. The molecule has 4 nitrogen and oxygen atoms in total. The average Bonchev–Trinajstić information content (AvgIpc) is 3.06. The van der Waals surface area contributed by atoms with Gasteiger partial charge in [0.05, 0.1) is 5.54 Å². The van der Waals surface area contributed by atoms with Crippen molar-refractivity contribution in [2.45, 2.75) is 62.4 Å². The minimum Gasteiger partial charge on any atom is -0.333 e. The molecule has 0 radical (unpaired) electrons. The van der Waals surface area contributed by atoms with Crippen LogP contribution in [0.3, 0.4) is 0 Å². The summed E-state index contributed by atoms with van der Waals surface area (Å²) in [5.74, 6) is 2.61. The van der Waals surface area contributed by atoms with Gasteiger partial charge in [0.15, 0.2) is 0 Å². The number of hydrogen-bond donors (Lipinski definition) is 3. The number of urea groups is 1. The highest BCUT2D eigenvalue weighted by atomic mass is 16.2. The zero-order chi connectivity index (χ0) is 13.1. The monoisotopic (exact) mass is 263 g/mol. The molecule has 0 aromatic heterocycles. The first kappa shape index (κ1) is 12.0. The molecule has 4 bridgehead atoms. The summed E-state index contributed by atoms with van der Waals surface area (Å²) in [6.07, 6.45) is 9.95. The molecule has 5 rings (SSSR count). The minimum absolute atomic E-state index is 0.0323. The van der Waals surface area contributed by atoms with Gasteiger partial charge in [0, 0.05) is 12.1 Å². The molecular weight excluding hydrogens is 238 g/mol. The number of carbonyl (C=O) groups is 1. The summed E-state index contributed by atoms with van der Waals surface area (Å²) in [4.78, 5) is 12.3. The van der Waals surface area contributed by atoms with E-state index in [2.05, 4.69) is 10.6 Å². The van der Waals surface area contributed by atoms with Crippen LogP contribution in [0.4, 0.5) is 4.79 Å². The summed E-state index contributed by atoms with van der Waals surface area (Å²) in [7, 11) is 0. The van der Waals surface area contributed by atoms with Gasteiger partial charge < -0.3 is 16.4 Å². The second-order valence-electron chi connectivity index (χ2n) is 7.76. The van der Waals surface area contributed by atoms with Gasteiger partial charge in [-0.2, -0.15) is 0 Å². The van der Waals surface area contributed by atoms with Crippen LogP contribution in [0.25, 0.3) is 0 Å². The zero-order valence-corrected chi connectivity index (χ0v) is 11.6. The van der Waals surface area contributed by atoms with E-state index >= 15 is 0 Å². The van der Waals surface area contributed by atoms with Gasteiger partial charge in [0.1, 0.15) is 0 Å². The Balaban J connectivity index is 1.43. The average molecular weight is 263 g/mol. The highest BCUT2D eigenvalue weighted by molar-refractivity contribution is 5.76. The Labute approximate surface area is 114 Å². The Morgan fingerprint density at radius 3 is 1.95 bits per heavy atom. The van der Waals surface area contributed by atoms with Crippen LogP contribution >= 0.6 is 0 Å². The summed E-state index contributed by atoms with van der Waals surface area (Å²) >= 11 is 0. The van der Waals surface area contributed by atoms with Gasteiger partial charge in [0.25, 0.3) is 0 Å². The zero-order valence-electron chi connectivity index (χ0n) is 11.6. The third kappa shape index (κ3) is 2.04. The van der Waals surface area contributed by atoms with Gasteiger partial charge in [-0.15, -0.1) is 0 Å². The number of rotatable bonds is 3. The van der Waals surface area contributed by atoms with Crippen molar-refractivity contribution in [2.24, 2.45) is 23.5 Å². The Morgan fingerprint density at radius 1 is 1.00 bits per heavy atom. The molecule has 0 aromatic rings. The first-order valence-electron chi connectivity index (χ1n) is 7.91. The topological polar surface area (TPSA) is 67.1 Å². The Hall–Kier alpha value is -0.770. The molecule has 0 heterocycles. The van der Waals surface area contributed by atoms with Crippen LogP contribution in [0.5, 0.6) is 0 Å². The Bertz CT molecular complexity index is 367. The molecule has 4 N–H and O–H groups in total. The maximum atomic E-state index is 12.3. The molecule has 5 aliphatic carbocycles. The van der Waals surface area contributed by atoms with Gasteiger partial charge in [-0.1, -0.05) is 0 Å². The van der Waals surface area contributed by atoms with Crippen LogP contribution in [-0.4, -0.2) is 23.7 Å². The largest absolute Gasteiger partial charge is 0.333 e. The summed E-state index contributed by atoms with van der Waals surface area (Å²) < 4.78 is 0. The lowest BCUT2D eigenvalue weighted by Crippen LogP contribution is -2.62. The molecule has 2 amide bonds. The molecule has 106 valence electrons. The highest BCUT2D eigenvalue weighted by Crippen LogP contribution is 2.55. The summed E-state index contributed by atoms with van der Waals surface area (Å²) in [5, 5.41) is 6.47. The van der Waals surface area contributed by atoms with Gasteiger partial charge in [-0.3, -0.25) is 0 Å². The van der Waals surface area contributed by atoms with Crippen molar-refractivity contribution in [3.8, 4) is 0 Å². The van der Waals surface area contributed by atoms with E-state index in [-0.39, 0.29) is 17.1 Å². The van der Waals surface area contributed by atoms with E-state index in [0.717, 1.165) is 30.6 Å². The van der Waals surface area contributed by atoms with Crippen LogP contribution in [0, 0.1) is 17.8 Å². The predicted octanol–water partition coefficient (Wildman–Crippen LogP) is 1.75. The molecule has 5 saturated carbocycles. The van der Waals surface area contributed by atoms with Gasteiger partial charge in [0.2, 0.25) is 0 Å². The van der Waals surface area contributed by atoms with E-state index in [4.69, 9.17) is 5.73 Å². The third-order valence-electron chi connectivity index (χ3n) is 6.04. The number of amides is 2. The van der Waals surface area contributed by atoms with Crippen molar-refractivity contribution < 1.29 is 4.79 Å². The van der Waals surface area contributed by atoms with Crippen LogP contribution < -0.4 is 16.4 Å². The number of nitrogens with two attached hydrogens (primary N) is 1. The standard InChI is InChI=1S/C15H25N3O/c16-9-14(1-2-14)17-13(19)18-15-6-10-3-11(7-15)5-12(4-10)8-15/h10-12H,1-9,16H2,(H2,17,18,19). The normalized spacial score (nSPS) is 45.0. The molecule has 0 aromatic carbocycles. The molecule has 0 saturated heterocycles. The Kier molecular flexibility index (Phi) is 2.45. The van der Waals surface area contributed by atoms with Crippen molar-refractivity contribution in [3.63, 3.8) is 0 Å². The van der Waals surface area contributed by atoms with Crippen molar-refractivity contribution in [1.29, 1.82) is 0 Å². The first-order chi connectivity index (χ1) is 9.10. The smallest absolute Gasteiger partial charge is 0.315 e. The molecule has 0 unspecified atom stereocenters. The van der Waals surface area contributed by atoms with Crippen molar-refractivity contribution in [3.05, 3.63) is 0 Å². The number of carbonyl (C=O) groups excluding carboxylic acids is 1. The van der Waals surface area contributed by atoms with Crippen molar-refractivity contribution in [1.82, 2.24) is 10.6 Å². The second-order valence-corrected chi connectivity index (χ2v) is 7.76. The number of hydrogen-bond acceptors (Lipinski definition) is 2. The molecule has 0 aliphatic heterocycles. The van der Waals surface area contributed by atoms with Gasteiger partial charge >= 0.3 is 6.03 Å². The van der Waals surface area contributed by atoms with E-state index in [1.165, 1.54) is 38.5 Å². The molecular formula is C15H25N3O. The SMILES string of the molecule is NCC1(NC(=O)NC23CC4CC(CC(C4)C2)C3)CC1. The van der Waals surface area contributed by atoms with Gasteiger partial charge in [-0.25, -0.2) is 4.79 Å². The third-order valence-corrected chi connectivity index (χ3v) is 6.04. The lowest BCUT2D eigenvalue weighted by Gasteiger charge is -2.56. The lowest BCUT2D eigenvalue weighted by atomic mass is 9.53. The fourth-order valence-electron chi connectivity index (χ4n) is 5.31. The quantitative estimate of drug-likeness (QED) is 0.726. The van der Waals surface area contributed by atoms with E-state index in [0.29, 0.717) is 6.54 Å². The van der Waals surface area contributed by atoms with Crippen molar-refractivity contribution >= 4 is 6.03 Å². The second kappa shape index (κ2) is 3.87. The Morgan fingerprint density at radius 2 is 1.53 bits per heavy atom. The summed E-state index contributed by atoms with van der Waals surface area (Å²) in [6, 6.07) is 0.0323. The molecule has 4 heteroatoms. The van der Waals surface area contributed by atoms with Crippen LogP contribution in [0.1, 0.15) is 51.4 Å². The fraction of sp³-hybridized carbons (Fsp3) is 0.933. The van der Waals surface area contributed by atoms with Crippen molar-refractivity contribution in [2.75, 3.05) is 6.54 Å². The predicted molar refractivity (Wildman–Crippen MR) is 73.6 cm³/mol. The molecule has 0 atom stereocenters. The van der Waals surface area contributed by atoms with E-state index in [1.54, 1.807) is 0 Å². The molecule has 0 spiro atoms. The maximum Gasteiger partial charge on any atom is 0.315 e. The maximum absolute atomic E-state index is 12.3. The van der Waals surface area contributed by atoms with E-state index in [1.807, 2.05) is 0 Å². The van der Waals surface area contributed by atoms with E-state index < -0.39 is 0 Å². The summed E-state index contributed by atoms with van der Waals surface area (Å²) in [5.41, 5.74) is 5.77. The molecule has 5 aliphatic rings. The fourth-order valence-corrected chi connectivity index (χ4v) is 5.31. The lowest BCUT2D eigenvalue weighted by molar-refractivity contribution is -0.0137. The van der Waals surface area contributed by atoms with Crippen LogP contribution in [0.15, 0.2) is 0 Å².